The SMILES string of the molecule is CNc1nc2cc(C)ccc2n1-c1nc2c(c(C3(S(C)(=O)=O)CC3)n1)OC[C@@H]1COCCN21. The van der Waals surface area contributed by atoms with Gasteiger partial charge in [-0.15, -0.1) is 0 Å². The van der Waals surface area contributed by atoms with E-state index in [1.165, 1.54) is 6.26 Å². The Hall–Kier alpha value is -2.92. The number of nitrogens with zero attached hydrogens (tertiary/aromatic N) is 5. The van der Waals surface area contributed by atoms with Crippen LogP contribution in [-0.4, -0.2) is 73.6 Å². The quantitative estimate of drug-likeness (QED) is 0.610. The summed E-state index contributed by atoms with van der Waals surface area (Å²) in [5.41, 5.74) is 3.20. The van der Waals surface area contributed by atoms with Gasteiger partial charge in [0.1, 0.15) is 17.0 Å². The van der Waals surface area contributed by atoms with Crippen LogP contribution in [-0.2, 0) is 19.3 Å². The predicted octanol–water partition coefficient (Wildman–Crippen LogP) is 1.80. The Kier molecular flexibility index (Phi) is 4.41. The van der Waals surface area contributed by atoms with Gasteiger partial charge in [0.25, 0.3) is 0 Å². The largest absolute Gasteiger partial charge is 0.486 e. The zero-order valence-corrected chi connectivity index (χ0v) is 19.6. The molecule has 2 fully saturated rings. The van der Waals surface area contributed by atoms with Gasteiger partial charge in [-0.1, -0.05) is 6.07 Å². The first kappa shape index (κ1) is 20.7. The number of hydrogen-bond donors (Lipinski definition) is 1. The van der Waals surface area contributed by atoms with E-state index in [4.69, 9.17) is 24.4 Å². The number of morpholine rings is 1. The van der Waals surface area contributed by atoms with E-state index in [9.17, 15) is 8.42 Å². The highest BCUT2D eigenvalue weighted by Crippen LogP contribution is 2.56. The molecule has 0 spiro atoms. The van der Waals surface area contributed by atoms with Crippen molar-refractivity contribution >= 4 is 32.6 Å². The van der Waals surface area contributed by atoms with Crippen LogP contribution >= 0.6 is 0 Å². The summed E-state index contributed by atoms with van der Waals surface area (Å²) >= 11 is 0. The van der Waals surface area contributed by atoms with Gasteiger partial charge >= 0.3 is 0 Å². The van der Waals surface area contributed by atoms with Crippen molar-refractivity contribution in [1.82, 2.24) is 19.5 Å². The number of fused-ring (bicyclic) bond motifs is 4. The van der Waals surface area contributed by atoms with Crippen LogP contribution in [0, 0.1) is 6.92 Å². The fourth-order valence-electron chi connectivity index (χ4n) is 4.87. The number of imidazole rings is 1. The molecule has 1 aromatic carbocycles. The number of aromatic nitrogens is 4. The van der Waals surface area contributed by atoms with Crippen molar-refractivity contribution in [2.45, 2.75) is 30.6 Å². The van der Waals surface area contributed by atoms with Crippen molar-refractivity contribution < 1.29 is 17.9 Å². The molecular weight excluding hydrogens is 444 g/mol. The number of nitrogens with one attached hydrogen (secondary N) is 1. The molecule has 1 atom stereocenters. The van der Waals surface area contributed by atoms with E-state index in [-0.39, 0.29) is 6.04 Å². The van der Waals surface area contributed by atoms with E-state index < -0.39 is 14.6 Å². The van der Waals surface area contributed by atoms with E-state index in [2.05, 4.69) is 10.2 Å². The minimum absolute atomic E-state index is 0.0289. The van der Waals surface area contributed by atoms with Gasteiger partial charge in [0.2, 0.25) is 11.9 Å². The topological polar surface area (TPSA) is 111 Å². The van der Waals surface area contributed by atoms with Gasteiger partial charge in [0.05, 0.1) is 30.3 Å². The molecule has 0 amide bonds. The van der Waals surface area contributed by atoms with Crippen LogP contribution in [0.1, 0.15) is 24.1 Å². The van der Waals surface area contributed by atoms with Crippen molar-refractivity contribution in [2.75, 3.05) is 49.9 Å². The molecule has 1 aliphatic carbocycles. The summed E-state index contributed by atoms with van der Waals surface area (Å²) in [6, 6.07) is 6.03. The van der Waals surface area contributed by atoms with Crippen LogP contribution < -0.4 is 15.0 Å². The number of rotatable bonds is 4. The first-order valence-corrected chi connectivity index (χ1v) is 13.0. The van der Waals surface area contributed by atoms with E-state index in [0.29, 0.717) is 68.4 Å². The molecule has 0 bridgehead atoms. The number of benzene rings is 1. The molecular formula is C22H26N6O4S. The summed E-state index contributed by atoms with van der Waals surface area (Å²) in [4.78, 5) is 16.7. The fourth-order valence-corrected chi connectivity index (χ4v) is 6.21. The van der Waals surface area contributed by atoms with Crippen LogP contribution in [0.25, 0.3) is 17.0 Å². The highest BCUT2D eigenvalue weighted by molar-refractivity contribution is 7.92. The average molecular weight is 471 g/mol. The van der Waals surface area contributed by atoms with Gasteiger partial charge < -0.3 is 19.7 Å². The Morgan fingerprint density at radius 2 is 2.00 bits per heavy atom. The molecule has 3 aliphatic rings. The number of anilines is 2. The molecule has 0 unspecified atom stereocenters. The second-order valence-corrected chi connectivity index (χ2v) is 11.4. The first-order chi connectivity index (χ1) is 15.8. The van der Waals surface area contributed by atoms with Crippen LogP contribution in [0.2, 0.25) is 0 Å². The Labute approximate surface area is 191 Å². The van der Waals surface area contributed by atoms with E-state index in [1.54, 1.807) is 7.05 Å². The summed E-state index contributed by atoms with van der Waals surface area (Å²) in [5, 5.41) is 3.13. The van der Waals surface area contributed by atoms with E-state index in [1.807, 2.05) is 29.7 Å². The van der Waals surface area contributed by atoms with Crippen molar-refractivity contribution in [2.24, 2.45) is 0 Å². The third-order valence-electron chi connectivity index (χ3n) is 6.83. The maximum atomic E-state index is 12.9. The molecule has 6 rings (SSSR count). The van der Waals surface area contributed by atoms with Crippen LogP contribution in [0.5, 0.6) is 5.75 Å². The molecule has 3 aromatic rings. The molecule has 2 aromatic heterocycles. The molecule has 1 N–H and O–H groups in total. The van der Waals surface area contributed by atoms with E-state index >= 15 is 0 Å². The fraction of sp³-hybridized carbons (Fsp3) is 0.500. The molecule has 33 heavy (non-hydrogen) atoms. The molecule has 10 nitrogen and oxygen atoms in total. The van der Waals surface area contributed by atoms with E-state index in [0.717, 1.165) is 16.6 Å². The zero-order valence-electron chi connectivity index (χ0n) is 18.8. The maximum absolute atomic E-state index is 12.9. The lowest BCUT2D eigenvalue weighted by Gasteiger charge is -2.41. The summed E-state index contributed by atoms with van der Waals surface area (Å²) in [6.07, 6.45) is 2.32. The van der Waals surface area contributed by atoms with Crippen molar-refractivity contribution in [1.29, 1.82) is 0 Å². The minimum atomic E-state index is -3.41. The lowest BCUT2D eigenvalue weighted by atomic mass is 10.1. The van der Waals surface area contributed by atoms with Crippen LogP contribution in [0.15, 0.2) is 18.2 Å². The summed E-state index contributed by atoms with van der Waals surface area (Å²) in [5.74, 6) is 2.07. The smallest absolute Gasteiger partial charge is 0.239 e. The molecule has 0 radical (unpaired) electrons. The Morgan fingerprint density at radius 1 is 1.18 bits per heavy atom. The molecule has 174 valence electrons. The third kappa shape index (κ3) is 3.02. The Bertz CT molecular complexity index is 1380. The zero-order chi connectivity index (χ0) is 23.0. The summed E-state index contributed by atoms with van der Waals surface area (Å²) in [7, 11) is -1.61. The Morgan fingerprint density at radius 3 is 2.73 bits per heavy atom. The number of hydrogen-bond acceptors (Lipinski definition) is 9. The van der Waals surface area contributed by atoms with Gasteiger partial charge in [-0.05, 0) is 37.5 Å². The van der Waals surface area contributed by atoms with Gasteiger partial charge in [-0.2, -0.15) is 4.98 Å². The van der Waals surface area contributed by atoms with Gasteiger partial charge in [-0.3, -0.25) is 0 Å². The van der Waals surface area contributed by atoms with Crippen LogP contribution in [0.3, 0.4) is 0 Å². The summed E-state index contributed by atoms with van der Waals surface area (Å²) in [6.45, 7) is 4.21. The summed E-state index contributed by atoms with van der Waals surface area (Å²) < 4.78 is 38.3. The highest BCUT2D eigenvalue weighted by Gasteiger charge is 2.58. The third-order valence-corrected chi connectivity index (χ3v) is 8.86. The highest BCUT2D eigenvalue weighted by atomic mass is 32.2. The maximum Gasteiger partial charge on any atom is 0.239 e. The van der Waals surface area contributed by atoms with Gasteiger partial charge in [0.15, 0.2) is 21.4 Å². The molecule has 2 aliphatic heterocycles. The molecule has 1 saturated heterocycles. The number of sulfone groups is 1. The van der Waals surface area contributed by atoms with Crippen molar-refractivity contribution in [3.8, 4) is 11.7 Å². The van der Waals surface area contributed by atoms with Crippen molar-refractivity contribution in [3.63, 3.8) is 0 Å². The monoisotopic (exact) mass is 470 g/mol. The first-order valence-electron chi connectivity index (χ1n) is 11.1. The lowest BCUT2D eigenvalue weighted by Crippen LogP contribution is -2.52. The number of ether oxygens (including phenoxy) is 2. The predicted molar refractivity (Wildman–Crippen MR) is 124 cm³/mol. The normalized spacial score (nSPS) is 21.3. The molecule has 11 heteroatoms. The Balaban J connectivity index is 1.64. The average Bonchev–Trinajstić information content (AvgIpc) is 3.54. The standard InChI is InChI=1S/C22H26N6O4S/c1-13-4-5-16-15(10-13)24-20(23-2)28(16)21-25-18(22(6-7-22)33(3,29)30)17-19(26-21)27-8-9-31-11-14(27)12-32-17/h4-5,10,14H,6-9,11-12H2,1-3H3,(H,23,24)/t14-/m0/s1. The second-order valence-electron chi connectivity index (χ2n) is 9.04. The van der Waals surface area contributed by atoms with Gasteiger partial charge in [-0.25, -0.2) is 23.0 Å². The lowest BCUT2D eigenvalue weighted by molar-refractivity contribution is 0.0692. The minimum Gasteiger partial charge on any atom is -0.486 e. The number of aryl methyl sites for hydroxylation is 1. The molecule has 1 saturated carbocycles. The van der Waals surface area contributed by atoms with Crippen molar-refractivity contribution in [3.05, 3.63) is 29.5 Å². The van der Waals surface area contributed by atoms with Gasteiger partial charge in [0, 0.05) is 19.8 Å². The van der Waals surface area contributed by atoms with Crippen LogP contribution in [0.4, 0.5) is 11.8 Å². The molecule has 4 heterocycles. The second kappa shape index (κ2) is 7.04.